The van der Waals surface area contributed by atoms with Crippen LogP contribution in [0.3, 0.4) is 0 Å². The zero-order valence-corrected chi connectivity index (χ0v) is 19.6. The van der Waals surface area contributed by atoms with E-state index in [1.165, 1.54) is 0 Å². The predicted octanol–water partition coefficient (Wildman–Crippen LogP) is 3.81. The molecule has 0 spiro atoms. The van der Waals surface area contributed by atoms with Crippen LogP contribution < -0.4 is 10.2 Å². The molecule has 1 atom stereocenters. The molecule has 2 aromatic carbocycles. The third kappa shape index (κ3) is 5.63. The van der Waals surface area contributed by atoms with Crippen molar-refractivity contribution in [3.8, 4) is 0 Å². The van der Waals surface area contributed by atoms with Crippen molar-refractivity contribution in [1.82, 2.24) is 10.2 Å². The van der Waals surface area contributed by atoms with Crippen molar-refractivity contribution >= 4 is 40.9 Å². The fourth-order valence-electron chi connectivity index (χ4n) is 3.52. The second-order valence-electron chi connectivity index (χ2n) is 7.78. The number of nitrogens with zero attached hydrogens (tertiary/aromatic N) is 3. The Morgan fingerprint density at radius 2 is 1.88 bits per heavy atom. The summed E-state index contributed by atoms with van der Waals surface area (Å²) in [4.78, 5) is 38.2. The molecule has 4 rings (SSSR count). The van der Waals surface area contributed by atoms with Crippen LogP contribution in [0.5, 0.6) is 0 Å². The molecule has 0 radical (unpaired) electrons. The highest BCUT2D eigenvalue weighted by Gasteiger charge is 2.35. The first-order valence-corrected chi connectivity index (χ1v) is 11.8. The Morgan fingerprint density at radius 3 is 2.59 bits per heavy atom. The molecule has 0 aliphatic carbocycles. The van der Waals surface area contributed by atoms with Gasteiger partial charge in [-0.1, -0.05) is 29.5 Å². The summed E-state index contributed by atoms with van der Waals surface area (Å²) in [7, 11) is 0. The number of rotatable bonds is 8. The highest BCUT2D eigenvalue weighted by molar-refractivity contribution is 7.99. The summed E-state index contributed by atoms with van der Waals surface area (Å²) in [6.45, 7) is 4.51. The molecule has 1 fully saturated rings. The van der Waals surface area contributed by atoms with Crippen LogP contribution in [0.4, 0.5) is 11.4 Å². The number of esters is 1. The monoisotopic (exact) mass is 480 g/mol. The predicted molar refractivity (Wildman–Crippen MR) is 127 cm³/mol. The molecule has 0 unspecified atom stereocenters. The Kier molecular flexibility index (Phi) is 7.27. The van der Waals surface area contributed by atoms with Crippen molar-refractivity contribution in [2.45, 2.75) is 31.4 Å². The van der Waals surface area contributed by atoms with Gasteiger partial charge in [0.2, 0.25) is 17.7 Å². The summed E-state index contributed by atoms with van der Waals surface area (Å²) in [5.74, 6) is -0.387. The van der Waals surface area contributed by atoms with E-state index in [9.17, 15) is 14.4 Å². The van der Waals surface area contributed by atoms with Crippen LogP contribution >= 0.6 is 11.8 Å². The number of aromatic nitrogens is 2. The van der Waals surface area contributed by atoms with Gasteiger partial charge in [-0.3, -0.25) is 9.59 Å². The minimum Gasteiger partial charge on any atom is -0.462 e. The highest BCUT2D eigenvalue weighted by atomic mass is 32.2. The van der Waals surface area contributed by atoms with Crippen molar-refractivity contribution in [3.05, 3.63) is 65.5 Å². The van der Waals surface area contributed by atoms with Crippen molar-refractivity contribution in [2.24, 2.45) is 0 Å². The summed E-state index contributed by atoms with van der Waals surface area (Å²) < 4.78 is 10.7. The Hall–Kier alpha value is -3.66. The lowest BCUT2D eigenvalue weighted by atomic mass is 10.1. The van der Waals surface area contributed by atoms with E-state index < -0.39 is 5.97 Å². The number of carbonyl (C=O) groups is 3. The number of nitrogens with one attached hydrogen (secondary N) is 1. The molecule has 1 aromatic heterocycles. The van der Waals surface area contributed by atoms with Gasteiger partial charge in [-0.2, -0.15) is 0 Å². The highest BCUT2D eigenvalue weighted by Crippen LogP contribution is 2.32. The molecule has 0 bridgehead atoms. The van der Waals surface area contributed by atoms with Crippen LogP contribution in [0, 0.1) is 6.92 Å². The average Bonchev–Trinajstić information content (AvgIpc) is 3.46. The maximum Gasteiger partial charge on any atom is 0.338 e. The molecule has 3 aromatic rings. The van der Waals surface area contributed by atoms with E-state index in [2.05, 4.69) is 15.5 Å². The topological polar surface area (TPSA) is 115 Å². The van der Waals surface area contributed by atoms with Crippen LogP contribution in [0.2, 0.25) is 0 Å². The molecule has 1 saturated heterocycles. The van der Waals surface area contributed by atoms with Gasteiger partial charge >= 0.3 is 5.97 Å². The van der Waals surface area contributed by atoms with E-state index in [-0.39, 0.29) is 28.7 Å². The lowest BCUT2D eigenvalue weighted by Crippen LogP contribution is -2.24. The van der Waals surface area contributed by atoms with Crippen LogP contribution in [0.25, 0.3) is 0 Å². The number of hydrogen-bond donors (Lipinski definition) is 1. The van der Waals surface area contributed by atoms with Crippen molar-refractivity contribution in [3.63, 3.8) is 0 Å². The summed E-state index contributed by atoms with van der Waals surface area (Å²) >= 11 is 1.12. The maximum atomic E-state index is 12.5. The molecule has 1 aliphatic rings. The SMILES string of the molecule is CCOC(=O)c1ccc(NC(=O)CSc2nnc([C@@H]3CC(=O)N(c4ccc(C)cc4)C3)o2)cc1. The Bertz CT molecular complexity index is 1180. The molecule has 34 heavy (non-hydrogen) atoms. The fourth-order valence-corrected chi connectivity index (χ4v) is 4.09. The number of ether oxygens (including phenoxy) is 1. The number of carbonyl (C=O) groups excluding carboxylic acids is 3. The van der Waals surface area contributed by atoms with Gasteiger partial charge in [0.1, 0.15) is 0 Å². The van der Waals surface area contributed by atoms with Gasteiger partial charge in [-0.05, 0) is 50.2 Å². The zero-order valence-electron chi connectivity index (χ0n) is 18.8. The normalized spacial score (nSPS) is 15.4. The third-order valence-corrected chi connectivity index (χ3v) is 6.07. The van der Waals surface area contributed by atoms with Crippen molar-refractivity contribution in [1.29, 1.82) is 0 Å². The first-order valence-electron chi connectivity index (χ1n) is 10.8. The standard InChI is InChI=1S/C24H24N4O5S/c1-3-32-23(31)16-6-8-18(9-7-16)25-20(29)14-34-24-27-26-22(33-24)17-12-21(30)28(13-17)19-10-4-15(2)5-11-19/h4-11,17H,3,12-14H2,1-2H3,(H,25,29)/t17-/m1/s1. The van der Waals surface area contributed by atoms with E-state index >= 15 is 0 Å². The number of benzene rings is 2. The molecule has 10 heteroatoms. The summed E-state index contributed by atoms with van der Waals surface area (Å²) in [6, 6.07) is 14.2. The van der Waals surface area contributed by atoms with E-state index in [1.807, 2.05) is 31.2 Å². The lowest BCUT2D eigenvalue weighted by molar-refractivity contribution is -0.117. The van der Waals surface area contributed by atoms with Crippen LogP contribution in [-0.2, 0) is 14.3 Å². The number of hydrogen-bond acceptors (Lipinski definition) is 8. The number of anilines is 2. The molecule has 0 saturated carbocycles. The quantitative estimate of drug-likeness (QED) is 0.382. The molecular weight excluding hydrogens is 456 g/mol. The molecular formula is C24H24N4O5S. The van der Waals surface area contributed by atoms with Crippen molar-refractivity contribution < 1.29 is 23.5 Å². The van der Waals surface area contributed by atoms with E-state index in [1.54, 1.807) is 36.1 Å². The molecule has 9 nitrogen and oxygen atoms in total. The molecule has 1 N–H and O–H groups in total. The van der Waals surface area contributed by atoms with E-state index in [4.69, 9.17) is 9.15 Å². The zero-order chi connectivity index (χ0) is 24.1. The molecule has 1 aliphatic heterocycles. The minimum atomic E-state index is -0.408. The number of aryl methyl sites for hydroxylation is 1. The summed E-state index contributed by atoms with van der Waals surface area (Å²) in [5.41, 5.74) is 2.95. The van der Waals surface area contributed by atoms with Crippen molar-refractivity contribution in [2.75, 3.05) is 29.1 Å². The average molecular weight is 481 g/mol. The Labute approximate surface area is 200 Å². The number of amides is 2. The van der Waals surface area contributed by atoms with Crippen LogP contribution in [0.15, 0.2) is 58.2 Å². The second-order valence-corrected chi connectivity index (χ2v) is 8.71. The Morgan fingerprint density at radius 1 is 1.15 bits per heavy atom. The first-order chi connectivity index (χ1) is 16.4. The van der Waals surface area contributed by atoms with Gasteiger partial charge in [0.05, 0.1) is 23.8 Å². The summed E-state index contributed by atoms with van der Waals surface area (Å²) in [6.07, 6.45) is 0.294. The largest absolute Gasteiger partial charge is 0.462 e. The third-order valence-electron chi connectivity index (χ3n) is 5.25. The Balaban J connectivity index is 1.28. The van der Waals surface area contributed by atoms with E-state index in [0.717, 1.165) is 23.0 Å². The molecule has 2 amide bonds. The molecule has 2 heterocycles. The lowest BCUT2D eigenvalue weighted by Gasteiger charge is -2.16. The van der Waals surface area contributed by atoms with Gasteiger partial charge in [0, 0.05) is 24.3 Å². The minimum absolute atomic E-state index is 0.00890. The van der Waals surface area contributed by atoms with Gasteiger partial charge in [-0.15, -0.1) is 10.2 Å². The second kappa shape index (κ2) is 10.5. The van der Waals surface area contributed by atoms with Gasteiger partial charge in [0.15, 0.2) is 0 Å². The van der Waals surface area contributed by atoms with Crippen LogP contribution in [-0.4, -0.2) is 46.9 Å². The van der Waals surface area contributed by atoms with Gasteiger partial charge < -0.3 is 19.4 Å². The summed E-state index contributed by atoms with van der Waals surface area (Å²) in [5, 5.41) is 11.1. The number of thioether (sulfide) groups is 1. The first kappa shape index (κ1) is 23.5. The van der Waals surface area contributed by atoms with Gasteiger partial charge in [0.25, 0.3) is 5.22 Å². The van der Waals surface area contributed by atoms with E-state index in [0.29, 0.717) is 36.7 Å². The van der Waals surface area contributed by atoms with Crippen LogP contribution in [0.1, 0.15) is 41.1 Å². The van der Waals surface area contributed by atoms with Gasteiger partial charge in [-0.25, -0.2) is 4.79 Å². The fraction of sp³-hybridized carbons (Fsp3) is 0.292. The molecule has 176 valence electrons. The smallest absolute Gasteiger partial charge is 0.338 e. The maximum absolute atomic E-state index is 12.5.